The van der Waals surface area contributed by atoms with Crippen LogP contribution in [0.4, 0.5) is 11.4 Å². The first-order chi connectivity index (χ1) is 25.6. The Hall–Kier alpha value is -5.04. The van der Waals surface area contributed by atoms with Crippen LogP contribution in [-0.4, -0.2) is 38.7 Å². The van der Waals surface area contributed by atoms with Crippen LogP contribution < -0.4 is 18.9 Å². The molecule has 0 spiro atoms. The Morgan fingerprint density at radius 1 is 0.423 bits per heavy atom. The third kappa shape index (κ3) is 11.8. The van der Waals surface area contributed by atoms with E-state index in [0.29, 0.717) is 0 Å². The molecule has 0 aliphatic carbocycles. The monoisotopic (exact) mass is 720 g/mol. The van der Waals surface area contributed by atoms with Gasteiger partial charge in [-0.15, -0.1) is 0 Å². The Balaban J connectivity index is 0.854. The van der Waals surface area contributed by atoms with Gasteiger partial charge in [0.25, 0.3) is 0 Å². The standard InChI is InChI=1S/C46H48N4S2/c1-47(45-21-17-39(18-22-45)13-15-41-25-29-49(30-26-41)37-43-9-5-3-6-10-43)33-35-51-52-36-34-48(2)46-23-19-40(20-24-46)14-16-42-27-31-50(32-28-42)38-44-11-7-4-8-12-44/h3-32H,33-38H2,1-2H3/q+2. The fraction of sp³-hybridized carbons (Fsp3) is 0.174. The lowest BCUT2D eigenvalue weighted by molar-refractivity contribution is -0.688. The summed E-state index contributed by atoms with van der Waals surface area (Å²) in [5, 5.41) is 0. The van der Waals surface area contributed by atoms with Crippen molar-refractivity contribution < 1.29 is 9.13 Å². The second kappa shape index (κ2) is 19.5. The molecule has 0 bridgehead atoms. The van der Waals surface area contributed by atoms with Crippen LogP contribution in [0.5, 0.6) is 0 Å². The summed E-state index contributed by atoms with van der Waals surface area (Å²) in [6.45, 7) is 3.80. The fourth-order valence-electron chi connectivity index (χ4n) is 5.75. The summed E-state index contributed by atoms with van der Waals surface area (Å²) in [6, 6.07) is 47.4. The van der Waals surface area contributed by atoms with Crippen molar-refractivity contribution in [3.8, 4) is 0 Å². The minimum atomic E-state index is 0.884. The van der Waals surface area contributed by atoms with Gasteiger partial charge >= 0.3 is 0 Å². The van der Waals surface area contributed by atoms with Crippen molar-refractivity contribution in [3.63, 3.8) is 0 Å². The van der Waals surface area contributed by atoms with Crippen LogP contribution in [0.15, 0.2) is 158 Å². The smallest absolute Gasteiger partial charge is 0.173 e. The quantitative estimate of drug-likeness (QED) is 0.0529. The zero-order valence-electron chi connectivity index (χ0n) is 30.2. The maximum absolute atomic E-state index is 2.34. The molecule has 0 radical (unpaired) electrons. The van der Waals surface area contributed by atoms with Gasteiger partial charge in [-0.2, -0.15) is 0 Å². The molecule has 0 saturated heterocycles. The molecule has 0 saturated carbocycles. The maximum Gasteiger partial charge on any atom is 0.173 e. The van der Waals surface area contributed by atoms with Crippen LogP contribution in [0, 0.1) is 0 Å². The summed E-state index contributed by atoms with van der Waals surface area (Å²) >= 11 is 0. The van der Waals surface area contributed by atoms with Crippen molar-refractivity contribution in [3.05, 3.63) is 192 Å². The average Bonchev–Trinajstić information content (AvgIpc) is 3.19. The number of aromatic nitrogens is 2. The predicted octanol–water partition coefficient (Wildman–Crippen LogP) is 9.65. The second-order valence-corrected chi connectivity index (χ2v) is 15.6. The van der Waals surface area contributed by atoms with E-state index in [0.717, 1.165) is 37.7 Å². The van der Waals surface area contributed by atoms with E-state index in [1.807, 2.05) is 21.6 Å². The van der Waals surface area contributed by atoms with Crippen molar-refractivity contribution in [1.29, 1.82) is 0 Å². The highest BCUT2D eigenvalue weighted by Gasteiger charge is 2.05. The number of hydrogen-bond donors (Lipinski definition) is 0. The highest BCUT2D eigenvalue weighted by atomic mass is 33.1. The topological polar surface area (TPSA) is 14.2 Å². The molecule has 4 aromatic carbocycles. The van der Waals surface area contributed by atoms with E-state index in [9.17, 15) is 0 Å². The Kier molecular flexibility index (Phi) is 13.8. The first-order valence-electron chi connectivity index (χ1n) is 17.9. The zero-order chi connectivity index (χ0) is 35.8. The third-order valence-electron chi connectivity index (χ3n) is 8.96. The molecule has 52 heavy (non-hydrogen) atoms. The van der Waals surface area contributed by atoms with Crippen LogP contribution in [-0.2, 0) is 13.1 Å². The van der Waals surface area contributed by atoms with E-state index < -0.39 is 0 Å². The number of hydrogen-bond acceptors (Lipinski definition) is 4. The van der Waals surface area contributed by atoms with E-state index in [4.69, 9.17) is 0 Å². The van der Waals surface area contributed by atoms with Crippen molar-refractivity contribution >= 4 is 57.3 Å². The van der Waals surface area contributed by atoms with Gasteiger partial charge in [-0.25, -0.2) is 9.13 Å². The number of rotatable bonds is 17. The number of benzene rings is 4. The molecule has 0 unspecified atom stereocenters. The highest BCUT2D eigenvalue weighted by Crippen LogP contribution is 2.24. The molecule has 6 rings (SSSR count). The van der Waals surface area contributed by atoms with E-state index in [1.54, 1.807) is 0 Å². The van der Waals surface area contributed by atoms with E-state index in [2.05, 4.69) is 216 Å². The van der Waals surface area contributed by atoms with Crippen molar-refractivity contribution in [2.75, 3.05) is 48.5 Å². The Morgan fingerprint density at radius 2 is 0.750 bits per heavy atom. The summed E-state index contributed by atoms with van der Waals surface area (Å²) in [7, 11) is 8.27. The molecule has 0 amide bonds. The molecule has 0 N–H and O–H groups in total. The van der Waals surface area contributed by atoms with Crippen LogP contribution >= 0.6 is 21.6 Å². The molecular weight excluding hydrogens is 673 g/mol. The maximum atomic E-state index is 2.34. The van der Waals surface area contributed by atoms with Crippen molar-refractivity contribution in [2.24, 2.45) is 0 Å². The molecular formula is C46H48N4S2+2. The van der Waals surface area contributed by atoms with Gasteiger partial charge in [-0.05, 0) is 46.5 Å². The van der Waals surface area contributed by atoms with E-state index in [-0.39, 0.29) is 0 Å². The summed E-state index contributed by atoms with van der Waals surface area (Å²) < 4.78 is 4.42. The lowest BCUT2D eigenvalue weighted by Gasteiger charge is -2.20. The molecule has 6 heteroatoms. The molecule has 0 fully saturated rings. The van der Waals surface area contributed by atoms with Crippen LogP contribution in [0.25, 0.3) is 24.3 Å². The highest BCUT2D eigenvalue weighted by molar-refractivity contribution is 8.76. The summed E-state index contributed by atoms with van der Waals surface area (Å²) in [5.74, 6) is 2.17. The molecule has 0 aliphatic heterocycles. The number of pyridine rings is 2. The predicted molar refractivity (Wildman–Crippen MR) is 227 cm³/mol. The van der Waals surface area contributed by atoms with Gasteiger partial charge in [0.05, 0.1) is 0 Å². The Morgan fingerprint density at radius 3 is 1.10 bits per heavy atom. The minimum absolute atomic E-state index is 0.884. The largest absolute Gasteiger partial charge is 0.374 e. The lowest BCUT2D eigenvalue weighted by atomic mass is 10.1. The fourth-order valence-corrected chi connectivity index (χ4v) is 7.84. The zero-order valence-corrected chi connectivity index (χ0v) is 31.8. The molecule has 4 nitrogen and oxygen atoms in total. The van der Waals surface area contributed by atoms with Crippen LogP contribution in [0.2, 0.25) is 0 Å². The normalized spacial score (nSPS) is 11.3. The van der Waals surface area contributed by atoms with Crippen molar-refractivity contribution in [2.45, 2.75) is 13.1 Å². The van der Waals surface area contributed by atoms with Gasteiger partial charge in [0.15, 0.2) is 37.9 Å². The number of anilines is 2. The first kappa shape index (κ1) is 36.7. The Bertz CT molecular complexity index is 1830. The molecule has 2 heterocycles. The lowest BCUT2D eigenvalue weighted by Crippen LogP contribution is -2.32. The van der Waals surface area contributed by atoms with Crippen molar-refractivity contribution in [1.82, 2.24) is 0 Å². The van der Waals surface area contributed by atoms with Gasteiger partial charge in [0.2, 0.25) is 0 Å². The Labute approximate surface area is 318 Å². The van der Waals surface area contributed by atoms with Gasteiger partial charge in [0, 0.05) is 85.5 Å². The number of nitrogens with zero attached hydrogens (tertiary/aromatic N) is 4. The average molecular weight is 721 g/mol. The second-order valence-electron chi connectivity index (χ2n) is 12.9. The minimum Gasteiger partial charge on any atom is -0.374 e. The molecule has 6 aromatic rings. The SMILES string of the molecule is CN(CCSSCCN(C)c1ccc(/C=C/c2cc[n+](Cc3ccccc3)cc2)cc1)c1ccc(/C=C/c2cc[n+](Cc3ccccc3)cc2)cc1. The third-order valence-corrected chi connectivity index (χ3v) is 11.3. The summed E-state index contributed by atoms with van der Waals surface area (Å²) in [6.07, 6.45) is 17.3. The molecule has 0 aliphatic rings. The molecule has 262 valence electrons. The van der Waals surface area contributed by atoms with Gasteiger partial charge in [0.1, 0.15) is 0 Å². The van der Waals surface area contributed by atoms with E-state index >= 15 is 0 Å². The van der Waals surface area contributed by atoms with Crippen LogP contribution in [0.3, 0.4) is 0 Å². The summed E-state index contributed by atoms with van der Waals surface area (Å²) in [4.78, 5) is 4.68. The van der Waals surface area contributed by atoms with Gasteiger partial charge < -0.3 is 9.80 Å². The summed E-state index contributed by atoms with van der Waals surface area (Å²) in [5.41, 5.74) is 9.92. The first-order valence-corrected chi connectivity index (χ1v) is 20.4. The molecule has 2 aromatic heterocycles. The van der Waals surface area contributed by atoms with Gasteiger partial charge in [-0.3, -0.25) is 0 Å². The molecule has 0 atom stereocenters. The van der Waals surface area contributed by atoms with Gasteiger partial charge in [-0.1, -0.05) is 131 Å². The van der Waals surface area contributed by atoms with E-state index in [1.165, 1.54) is 44.8 Å². The van der Waals surface area contributed by atoms with Crippen LogP contribution in [0.1, 0.15) is 33.4 Å².